The molecule has 1 aromatic rings. The molecule has 1 aromatic heterocycles. The van der Waals surface area contributed by atoms with Gasteiger partial charge in [0.15, 0.2) is 0 Å². The first-order chi connectivity index (χ1) is 10.1. The van der Waals surface area contributed by atoms with E-state index in [4.69, 9.17) is 5.11 Å². The van der Waals surface area contributed by atoms with Gasteiger partial charge in [0, 0.05) is 19.2 Å². The molecule has 0 saturated carbocycles. The van der Waals surface area contributed by atoms with Gasteiger partial charge in [0.2, 0.25) is 0 Å². The maximum atomic E-state index is 12.6. The van der Waals surface area contributed by atoms with Gasteiger partial charge in [-0.25, -0.2) is 4.79 Å². The number of carboxylic acid groups (broad SMARTS) is 1. The SMILES string of the molecule is CCCCN(CCCC)C(=O)c1sccc1C=CC(=O)O. The lowest BCUT2D eigenvalue weighted by molar-refractivity contribution is -0.131. The Kier molecular flexibility index (Phi) is 7.75. The number of unbranched alkanes of at least 4 members (excludes halogenated alkanes) is 2. The molecule has 116 valence electrons. The van der Waals surface area contributed by atoms with Gasteiger partial charge >= 0.3 is 5.97 Å². The van der Waals surface area contributed by atoms with E-state index in [0.29, 0.717) is 10.4 Å². The average Bonchev–Trinajstić information content (AvgIpc) is 2.93. The van der Waals surface area contributed by atoms with Crippen LogP contribution in [0.5, 0.6) is 0 Å². The van der Waals surface area contributed by atoms with Crippen molar-refractivity contribution in [1.82, 2.24) is 4.90 Å². The fraction of sp³-hybridized carbons (Fsp3) is 0.500. The molecule has 0 aliphatic rings. The van der Waals surface area contributed by atoms with E-state index in [1.54, 1.807) is 6.07 Å². The Morgan fingerprint density at radius 1 is 1.24 bits per heavy atom. The Morgan fingerprint density at radius 3 is 2.38 bits per heavy atom. The van der Waals surface area contributed by atoms with Crippen molar-refractivity contribution in [3.8, 4) is 0 Å². The van der Waals surface area contributed by atoms with Crippen molar-refractivity contribution >= 4 is 29.3 Å². The molecular formula is C16H23NO3S. The summed E-state index contributed by atoms with van der Waals surface area (Å²) in [5, 5.41) is 10.5. The maximum Gasteiger partial charge on any atom is 0.328 e. The standard InChI is InChI=1S/C16H23NO3S/c1-3-5-10-17(11-6-4-2)16(20)15-13(9-12-21-15)7-8-14(18)19/h7-9,12H,3-6,10-11H2,1-2H3,(H,18,19). The normalized spacial score (nSPS) is 11.0. The second kappa shape index (κ2) is 9.34. The zero-order valence-electron chi connectivity index (χ0n) is 12.7. The first kappa shape index (κ1) is 17.4. The van der Waals surface area contributed by atoms with Crippen LogP contribution in [0.15, 0.2) is 17.5 Å². The van der Waals surface area contributed by atoms with Crippen LogP contribution in [0.2, 0.25) is 0 Å². The second-order valence-corrected chi connectivity index (χ2v) is 5.79. The minimum atomic E-state index is -1.01. The van der Waals surface area contributed by atoms with Gasteiger partial charge in [0.25, 0.3) is 5.91 Å². The van der Waals surface area contributed by atoms with Crippen LogP contribution in [-0.4, -0.2) is 35.0 Å². The number of thiophene rings is 1. The summed E-state index contributed by atoms with van der Waals surface area (Å²) in [5.41, 5.74) is 0.686. The van der Waals surface area contributed by atoms with E-state index in [1.807, 2.05) is 10.3 Å². The van der Waals surface area contributed by atoms with Crippen LogP contribution in [0.3, 0.4) is 0 Å². The number of nitrogens with zero attached hydrogens (tertiary/aromatic N) is 1. The minimum Gasteiger partial charge on any atom is -0.478 e. The maximum absolute atomic E-state index is 12.6. The van der Waals surface area contributed by atoms with Gasteiger partial charge in [-0.05, 0) is 35.9 Å². The summed E-state index contributed by atoms with van der Waals surface area (Å²) in [6.07, 6.45) is 6.63. The van der Waals surface area contributed by atoms with Crippen LogP contribution in [0, 0.1) is 0 Å². The van der Waals surface area contributed by atoms with Crippen LogP contribution in [0.25, 0.3) is 6.08 Å². The predicted molar refractivity (Wildman–Crippen MR) is 86.7 cm³/mol. The van der Waals surface area contributed by atoms with Gasteiger partial charge in [-0.1, -0.05) is 26.7 Å². The van der Waals surface area contributed by atoms with Gasteiger partial charge < -0.3 is 10.0 Å². The van der Waals surface area contributed by atoms with Gasteiger partial charge in [0.1, 0.15) is 0 Å². The fourth-order valence-corrected chi connectivity index (χ4v) is 2.79. The van der Waals surface area contributed by atoms with Crippen molar-refractivity contribution in [3.05, 3.63) is 28.0 Å². The number of amides is 1. The van der Waals surface area contributed by atoms with Crippen molar-refractivity contribution in [2.75, 3.05) is 13.1 Å². The summed E-state index contributed by atoms with van der Waals surface area (Å²) >= 11 is 1.37. The van der Waals surface area contributed by atoms with E-state index in [0.717, 1.165) is 44.8 Å². The molecule has 0 saturated heterocycles. The van der Waals surface area contributed by atoms with Crippen LogP contribution >= 0.6 is 11.3 Å². The highest BCUT2D eigenvalue weighted by Crippen LogP contribution is 2.21. The molecule has 4 nitrogen and oxygen atoms in total. The number of rotatable bonds is 9. The predicted octanol–water partition coefficient (Wildman–Crippen LogP) is 3.89. The first-order valence-electron chi connectivity index (χ1n) is 7.37. The number of hydrogen-bond acceptors (Lipinski definition) is 3. The van der Waals surface area contributed by atoms with Gasteiger partial charge in [0.05, 0.1) is 4.88 Å². The highest BCUT2D eigenvalue weighted by molar-refractivity contribution is 7.12. The largest absolute Gasteiger partial charge is 0.478 e. The zero-order chi connectivity index (χ0) is 15.7. The van der Waals surface area contributed by atoms with Crippen molar-refractivity contribution in [3.63, 3.8) is 0 Å². The summed E-state index contributed by atoms with van der Waals surface area (Å²) in [5.74, 6) is -0.995. The molecule has 0 aliphatic heterocycles. The molecule has 0 atom stereocenters. The second-order valence-electron chi connectivity index (χ2n) is 4.88. The Hall–Kier alpha value is -1.62. The lowest BCUT2D eigenvalue weighted by Crippen LogP contribution is -2.32. The Morgan fingerprint density at radius 2 is 1.86 bits per heavy atom. The summed E-state index contributed by atoms with van der Waals surface area (Å²) in [6.45, 7) is 5.73. The zero-order valence-corrected chi connectivity index (χ0v) is 13.5. The molecule has 1 amide bonds. The molecule has 0 spiro atoms. The lowest BCUT2D eigenvalue weighted by Gasteiger charge is -2.22. The summed E-state index contributed by atoms with van der Waals surface area (Å²) in [4.78, 5) is 25.8. The molecule has 0 aromatic carbocycles. The topological polar surface area (TPSA) is 57.6 Å². The summed E-state index contributed by atoms with van der Waals surface area (Å²) < 4.78 is 0. The third kappa shape index (κ3) is 5.71. The fourth-order valence-electron chi connectivity index (χ4n) is 1.94. The molecule has 1 heterocycles. The molecule has 0 fully saturated rings. The Labute approximate surface area is 130 Å². The molecule has 1 N–H and O–H groups in total. The molecule has 1 rings (SSSR count). The van der Waals surface area contributed by atoms with Gasteiger partial charge in [-0.3, -0.25) is 4.79 Å². The molecule has 0 unspecified atom stereocenters. The summed E-state index contributed by atoms with van der Waals surface area (Å²) in [7, 11) is 0. The number of carbonyl (C=O) groups excluding carboxylic acids is 1. The van der Waals surface area contributed by atoms with Crippen molar-refractivity contribution in [2.24, 2.45) is 0 Å². The third-order valence-electron chi connectivity index (χ3n) is 3.15. The number of hydrogen-bond donors (Lipinski definition) is 1. The van der Waals surface area contributed by atoms with E-state index < -0.39 is 5.97 Å². The smallest absolute Gasteiger partial charge is 0.328 e. The number of aliphatic carboxylic acids is 1. The van der Waals surface area contributed by atoms with Crippen molar-refractivity contribution < 1.29 is 14.7 Å². The van der Waals surface area contributed by atoms with Crippen LogP contribution in [0.1, 0.15) is 54.8 Å². The van der Waals surface area contributed by atoms with Crippen molar-refractivity contribution in [1.29, 1.82) is 0 Å². The van der Waals surface area contributed by atoms with Crippen LogP contribution < -0.4 is 0 Å². The highest BCUT2D eigenvalue weighted by Gasteiger charge is 2.18. The Bertz CT molecular complexity index is 485. The monoisotopic (exact) mass is 309 g/mol. The van der Waals surface area contributed by atoms with E-state index in [2.05, 4.69) is 13.8 Å². The molecule has 0 aliphatic carbocycles. The lowest BCUT2D eigenvalue weighted by atomic mass is 10.2. The summed E-state index contributed by atoms with van der Waals surface area (Å²) in [6, 6.07) is 1.79. The van der Waals surface area contributed by atoms with Crippen molar-refractivity contribution in [2.45, 2.75) is 39.5 Å². The first-order valence-corrected chi connectivity index (χ1v) is 8.25. The van der Waals surface area contributed by atoms with E-state index >= 15 is 0 Å². The molecule has 5 heteroatoms. The van der Waals surface area contributed by atoms with E-state index in [1.165, 1.54) is 17.4 Å². The quantitative estimate of drug-likeness (QED) is 0.704. The van der Waals surface area contributed by atoms with E-state index in [-0.39, 0.29) is 5.91 Å². The number of carbonyl (C=O) groups is 2. The Balaban J connectivity index is 2.87. The molecule has 0 radical (unpaired) electrons. The number of carboxylic acids is 1. The average molecular weight is 309 g/mol. The van der Waals surface area contributed by atoms with E-state index in [9.17, 15) is 9.59 Å². The molecular weight excluding hydrogens is 286 g/mol. The van der Waals surface area contributed by atoms with Crippen LogP contribution in [-0.2, 0) is 4.79 Å². The van der Waals surface area contributed by atoms with Gasteiger partial charge in [-0.2, -0.15) is 0 Å². The van der Waals surface area contributed by atoms with Gasteiger partial charge in [-0.15, -0.1) is 11.3 Å². The highest BCUT2D eigenvalue weighted by atomic mass is 32.1. The molecule has 21 heavy (non-hydrogen) atoms. The minimum absolute atomic E-state index is 0.0111. The third-order valence-corrected chi connectivity index (χ3v) is 4.06. The molecule has 0 bridgehead atoms. The van der Waals surface area contributed by atoms with Crippen LogP contribution in [0.4, 0.5) is 0 Å².